The highest BCUT2D eigenvalue weighted by molar-refractivity contribution is 5.77. The topological polar surface area (TPSA) is 50.2 Å². The number of nitrogens with one attached hydrogen (secondary N) is 1. The van der Waals surface area contributed by atoms with E-state index in [1.165, 1.54) is 12.5 Å². The summed E-state index contributed by atoms with van der Waals surface area (Å²) in [6, 6.07) is 9.20. The summed E-state index contributed by atoms with van der Waals surface area (Å²) in [5, 5.41) is 7.97. The fourth-order valence-corrected chi connectivity index (χ4v) is 4.78. The average molecular weight is 384 g/mol. The lowest BCUT2D eigenvalue weighted by atomic mass is 9.88. The number of aryl methyl sites for hydroxylation is 2. The number of benzene rings is 1. The Hall–Kier alpha value is -2.21. The number of halogens is 1. The summed E-state index contributed by atoms with van der Waals surface area (Å²) >= 11 is 0. The van der Waals surface area contributed by atoms with Crippen LogP contribution in [0.5, 0.6) is 0 Å². The molecule has 0 bridgehead atoms. The smallest absolute Gasteiger partial charge is 0.224 e. The van der Waals surface area contributed by atoms with Gasteiger partial charge in [0.15, 0.2) is 0 Å². The van der Waals surface area contributed by atoms with Crippen LogP contribution in [0.2, 0.25) is 0 Å². The number of hydrogen-bond acceptors (Lipinski definition) is 3. The summed E-state index contributed by atoms with van der Waals surface area (Å²) in [7, 11) is 0. The Kier molecular flexibility index (Phi) is 5.76. The van der Waals surface area contributed by atoms with E-state index in [1.807, 2.05) is 23.7 Å². The van der Waals surface area contributed by atoms with Crippen LogP contribution in [0, 0.1) is 12.7 Å². The van der Waals surface area contributed by atoms with Gasteiger partial charge in [-0.2, -0.15) is 5.10 Å². The summed E-state index contributed by atoms with van der Waals surface area (Å²) in [6.07, 6.45) is 6.71. The standard InChI is InChI=1S/C22H29FN4O/c1-16-9-12-25-27(16)13-10-21(28)26-15-19(17-6-5-7-18(23)14-17)22-20(26)8-3-2-4-11-24-22/h5-7,9,12,14,19-20,22,24H,2-4,8,10-11,13,15H2,1H3/t19-,20+,22-/m0/s1. The zero-order chi connectivity index (χ0) is 19.5. The van der Waals surface area contributed by atoms with Gasteiger partial charge in [-0.3, -0.25) is 9.48 Å². The molecule has 2 aliphatic heterocycles. The predicted octanol–water partition coefficient (Wildman–Crippen LogP) is 3.25. The van der Waals surface area contributed by atoms with Crippen molar-refractivity contribution < 1.29 is 9.18 Å². The van der Waals surface area contributed by atoms with Crippen molar-refractivity contribution in [2.24, 2.45) is 0 Å². The predicted molar refractivity (Wildman–Crippen MR) is 106 cm³/mol. The SMILES string of the molecule is Cc1ccnn1CCC(=O)N1C[C@@H](c2cccc(F)c2)[C@@H]2NCCCCC[C@H]21. The molecule has 0 unspecified atom stereocenters. The second-order valence-corrected chi connectivity index (χ2v) is 8.05. The number of fused-ring (bicyclic) bond motifs is 1. The first kappa shape index (κ1) is 19.1. The Morgan fingerprint density at radius 2 is 2.18 bits per heavy atom. The van der Waals surface area contributed by atoms with E-state index in [4.69, 9.17) is 0 Å². The van der Waals surface area contributed by atoms with Gasteiger partial charge in [-0.1, -0.05) is 25.0 Å². The first-order valence-corrected chi connectivity index (χ1v) is 10.4. The van der Waals surface area contributed by atoms with Crippen LogP contribution >= 0.6 is 0 Å². The normalized spacial score (nSPS) is 25.2. The van der Waals surface area contributed by atoms with Crippen molar-refractivity contribution in [1.29, 1.82) is 0 Å². The third-order valence-corrected chi connectivity index (χ3v) is 6.26. The molecule has 5 nitrogen and oxygen atoms in total. The summed E-state index contributed by atoms with van der Waals surface area (Å²) in [5.74, 6) is 0.0965. The number of carbonyl (C=O) groups is 1. The third kappa shape index (κ3) is 3.97. The molecule has 1 amide bonds. The molecule has 1 aromatic heterocycles. The van der Waals surface area contributed by atoms with Gasteiger partial charge in [-0.15, -0.1) is 0 Å². The van der Waals surface area contributed by atoms with Gasteiger partial charge in [-0.05, 0) is 50.1 Å². The first-order chi connectivity index (χ1) is 13.6. The zero-order valence-corrected chi connectivity index (χ0v) is 16.5. The average Bonchev–Trinajstić information content (AvgIpc) is 3.22. The molecule has 3 atom stereocenters. The van der Waals surface area contributed by atoms with Crippen molar-refractivity contribution in [1.82, 2.24) is 20.0 Å². The van der Waals surface area contributed by atoms with Crippen LogP contribution in [0.4, 0.5) is 4.39 Å². The highest BCUT2D eigenvalue weighted by Crippen LogP contribution is 2.36. The minimum Gasteiger partial charge on any atom is -0.337 e. The van der Waals surface area contributed by atoms with Crippen LogP contribution in [-0.4, -0.2) is 45.8 Å². The van der Waals surface area contributed by atoms with Gasteiger partial charge >= 0.3 is 0 Å². The number of aromatic nitrogens is 2. The Labute approximate surface area is 165 Å². The lowest BCUT2D eigenvalue weighted by Crippen LogP contribution is -2.47. The van der Waals surface area contributed by atoms with Crippen LogP contribution in [0.25, 0.3) is 0 Å². The van der Waals surface area contributed by atoms with Crippen LogP contribution in [-0.2, 0) is 11.3 Å². The molecule has 1 N–H and O–H groups in total. The van der Waals surface area contributed by atoms with E-state index in [1.54, 1.807) is 18.3 Å². The fourth-order valence-electron chi connectivity index (χ4n) is 4.78. The molecule has 150 valence electrons. The summed E-state index contributed by atoms with van der Waals surface area (Å²) in [6.45, 7) is 4.22. The van der Waals surface area contributed by atoms with Gasteiger partial charge in [0, 0.05) is 49.4 Å². The molecule has 2 aromatic rings. The molecule has 3 heterocycles. The molecule has 6 heteroatoms. The Balaban J connectivity index is 1.53. The Morgan fingerprint density at radius 3 is 2.96 bits per heavy atom. The summed E-state index contributed by atoms with van der Waals surface area (Å²) in [5.41, 5.74) is 2.05. The minimum atomic E-state index is -0.209. The molecule has 2 saturated heterocycles. The Bertz CT molecular complexity index is 820. The van der Waals surface area contributed by atoms with Crippen LogP contribution in [0.3, 0.4) is 0 Å². The van der Waals surface area contributed by atoms with E-state index in [0.29, 0.717) is 19.5 Å². The van der Waals surface area contributed by atoms with Crippen molar-refractivity contribution in [2.75, 3.05) is 13.1 Å². The lowest BCUT2D eigenvalue weighted by molar-refractivity contribution is -0.132. The molecule has 0 saturated carbocycles. The summed E-state index contributed by atoms with van der Waals surface area (Å²) < 4.78 is 15.7. The molecule has 2 aliphatic rings. The number of carbonyl (C=O) groups excluding carboxylic acids is 1. The Morgan fingerprint density at radius 1 is 1.29 bits per heavy atom. The largest absolute Gasteiger partial charge is 0.337 e. The maximum absolute atomic E-state index is 13.9. The number of likely N-dealkylation sites (tertiary alicyclic amines) is 1. The van der Waals surface area contributed by atoms with E-state index in [9.17, 15) is 9.18 Å². The highest BCUT2D eigenvalue weighted by atomic mass is 19.1. The molecule has 0 aliphatic carbocycles. The zero-order valence-electron chi connectivity index (χ0n) is 16.5. The van der Waals surface area contributed by atoms with Crippen molar-refractivity contribution in [2.45, 2.75) is 63.6 Å². The van der Waals surface area contributed by atoms with E-state index < -0.39 is 0 Å². The molecular formula is C22H29FN4O. The third-order valence-electron chi connectivity index (χ3n) is 6.26. The quantitative estimate of drug-likeness (QED) is 0.880. The molecule has 2 fully saturated rings. The monoisotopic (exact) mass is 384 g/mol. The van der Waals surface area contributed by atoms with Crippen LogP contribution in [0.15, 0.2) is 36.5 Å². The second kappa shape index (κ2) is 8.43. The molecule has 28 heavy (non-hydrogen) atoms. The molecular weight excluding hydrogens is 355 g/mol. The van der Waals surface area contributed by atoms with Gasteiger partial charge in [0.25, 0.3) is 0 Å². The number of nitrogens with zero attached hydrogens (tertiary/aromatic N) is 3. The maximum atomic E-state index is 13.9. The van der Waals surface area contributed by atoms with Gasteiger partial charge in [0.05, 0.1) is 0 Å². The molecule has 0 radical (unpaired) electrons. The van der Waals surface area contributed by atoms with Gasteiger partial charge in [-0.25, -0.2) is 4.39 Å². The van der Waals surface area contributed by atoms with Crippen molar-refractivity contribution in [3.63, 3.8) is 0 Å². The van der Waals surface area contributed by atoms with Gasteiger partial charge in [0.2, 0.25) is 5.91 Å². The van der Waals surface area contributed by atoms with Crippen molar-refractivity contribution in [3.8, 4) is 0 Å². The van der Waals surface area contributed by atoms with Gasteiger partial charge in [0.1, 0.15) is 5.82 Å². The van der Waals surface area contributed by atoms with E-state index in [2.05, 4.69) is 15.3 Å². The van der Waals surface area contributed by atoms with E-state index >= 15 is 0 Å². The summed E-state index contributed by atoms with van der Waals surface area (Å²) in [4.78, 5) is 15.2. The van der Waals surface area contributed by atoms with Gasteiger partial charge < -0.3 is 10.2 Å². The van der Waals surface area contributed by atoms with E-state index in [0.717, 1.165) is 37.1 Å². The van der Waals surface area contributed by atoms with Crippen LogP contribution < -0.4 is 5.32 Å². The molecule has 0 spiro atoms. The molecule has 4 rings (SSSR count). The maximum Gasteiger partial charge on any atom is 0.224 e. The van der Waals surface area contributed by atoms with Crippen molar-refractivity contribution in [3.05, 3.63) is 53.6 Å². The number of hydrogen-bond donors (Lipinski definition) is 1. The minimum absolute atomic E-state index is 0.134. The molecule has 1 aromatic carbocycles. The lowest BCUT2D eigenvalue weighted by Gasteiger charge is -2.31. The number of rotatable bonds is 4. The van der Waals surface area contributed by atoms with E-state index in [-0.39, 0.29) is 29.7 Å². The fraction of sp³-hybridized carbons (Fsp3) is 0.545. The number of amides is 1. The first-order valence-electron chi connectivity index (χ1n) is 10.4. The van der Waals surface area contributed by atoms with Crippen LogP contribution in [0.1, 0.15) is 49.3 Å². The highest BCUT2D eigenvalue weighted by Gasteiger charge is 2.44. The second-order valence-electron chi connectivity index (χ2n) is 8.05. The van der Waals surface area contributed by atoms with Crippen molar-refractivity contribution >= 4 is 5.91 Å².